The van der Waals surface area contributed by atoms with Gasteiger partial charge in [-0.3, -0.25) is 9.79 Å². The molecule has 18 heavy (non-hydrogen) atoms. The molecule has 0 saturated heterocycles. The predicted octanol–water partition coefficient (Wildman–Crippen LogP) is 3.08. The second-order valence-electron chi connectivity index (χ2n) is 5.22. The minimum atomic E-state index is -0.331. The molecule has 0 aromatic carbocycles. The lowest BCUT2D eigenvalue weighted by Crippen LogP contribution is -2.35. The van der Waals surface area contributed by atoms with E-state index in [1.54, 1.807) is 0 Å². The Morgan fingerprint density at radius 3 is 2.06 bits per heavy atom. The van der Waals surface area contributed by atoms with Gasteiger partial charge in [0.1, 0.15) is 11.6 Å². The van der Waals surface area contributed by atoms with Crippen LogP contribution in [0.4, 0.5) is 0 Å². The van der Waals surface area contributed by atoms with Crippen molar-refractivity contribution in [2.24, 2.45) is 10.4 Å². The molecule has 0 fully saturated rings. The van der Waals surface area contributed by atoms with Crippen LogP contribution >= 0.6 is 0 Å². The highest BCUT2D eigenvalue weighted by Crippen LogP contribution is 2.18. The lowest BCUT2D eigenvalue weighted by atomic mass is 9.88. The van der Waals surface area contributed by atoms with E-state index in [0.717, 1.165) is 5.84 Å². The quantitative estimate of drug-likeness (QED) is 0.395. The molecule has 0 atom stereocenters. The third-order valence-corrected chi connectivity index (χ3v) is 2.56. The number of hydrogen-bond donors (Lipinski definition) is 0. The van der Waals surface area contributed by atoms with Crippen molar-refractivity contribution in [2.75, 3.05) is 19.6 Å². The number of Topliss-reactive ketones (excluding diaryl/α,β-unsaturated/α-hetero) is 1. The van der Waals surface area contributed by atoms with E-state index in [1.165, 1.54) is 0 Å². The van der Waals surface area contributed by atoms with Gasteiger partial charge in [0.25, 0.3) is 0 Å². The molecule has 0 aromatic heterocycles. The predicted molar refractivity (Wildman–Crippen MR) is 79.0 cm³/mol. The highest BCUT2D eigenvalue weighted by Gasteiger charge is 2.24. The van der Waals surface area contributed by atoms with E-state index < -0.39 is 0 Å². The molecule has 0 amide bonds. The standard InChI is InChI=1S/C15H26N2O/c1-7-10-17(11-8-2)14(16-9-3)12-13(18)15(4,5)6/h7-8H,1-2,9-12H2,3-6H3. The fourth-order valence-corrected chi connectivity index (χ4v) is 1.46. The Bertz CT molecular complexity index is 314. The van der Waals surface area contributed by atoms with Crippen molar-refractivity contribution in [2.45, 2.75) is 34.1 Å². The first-order valence-electron chi connectivity index (χ1n) is 6.40. The number of hydrogen-bond acceptors (Lipinski definition) is 2. The Balaban J connectivity index is 4.94. The molecule has 0 N–H and O–H groups in total. The van der Waals surface area contributed by atoms with Gasteiger partial charge in [0.05, 0.1) is 6.42 Å². The average molecular weight is 250 g/mol. The van der Waals surface area contributed by atoms with Crippen molar-refractivity contribution in [1.29, 1.82) is 0 Å². The zero-order valence-corrected chi connectivity index (χ0v) is 12.2. The highest BCUT2D eigenvalue weighted by atomic mass is 16.1. The lowest BCUT2D eigenvalue weighted by molar-refractivity contribution is -0.125. The molecule has 0 aromatic rings. The minimum Gasteiger partial charge on any atom is -0.353 e. The van der Waals surface area contributed by atoms with E-state index in [2.05, 4.69) is 18.2 Å². The summed E-state index contributed by atoms with van der Waals surface area (Å²) in [5.41, 5.74) is -0.331. The molecule has 0 bridgehead atoms. The van der Waals surface area contributed by atoms with Gasteiger partial charge in [0, 0.05) is 25.0 Å². The van der Waals surface area contributed by atoms with Crippen LogP contribution in [-0.2, 0) is 4.79 Å². The first-order chi connectivity index (χ1) is 8.36. The summed E-state index contributed by atoms with van der Waals surface area (Å²) in [6.45, 7) is 17.3. The van der Waals surface area contributed by atoms with E-state index in [-0.39, 0.29) is 11.2 Å². The number of carbonyl (C=O) groups is 1. The van der Waals surface area contributed by atoms with E-state index in [9.17, 15) is 4.79 Å². The number of aliphatic imine (C=N–C) groups is 1. The fraction of sp³-hybridized carbons (Fsp3) is 0.600. The summed E-state index contributed by atoms with van der Waals surface area (Å²) in [5.74, 6) is 1.03. The van der Waals surface area contributed by atoms with Gasteiger partial charge in [0.15, 0.2) is 0 Å². The van der Waals surface area contributed by atoms with Gasteiger partial charge in [0.2, 0.25) is 0 Å². The number of rotatable bonds is 7. The average Bonchev–Trinajstić information content (AvgIpc) is 2.27. The van der Waals surface area contributed by atoms with Crippen LogP contribution in [0, 0.1) is 5.41 Å². The van der Waals surface area contributed by atoms with Gasteiger partial charge < -0.3 is 4.90 Å². The van der Waals surface area contributed by atoms with Crippen LogP contribution in [0.5, 0.6) is 0 Å². The largest absolute Gasteiger partial charge is 0.353 e. The Hall–Kier alpha value is -1.38. The SMILES string of the molecule is C=CCN(CC=C)C(CC(=O)C(C)(C)C)=NCC. The topological polar surface area (TPSA) is 32.7 Å². The van der Waals surface area contributed by atoms with Gasteiger partial charge in [-0.05, 0) is 6.92 Å². The molecule has 0 aliphatic carbocycles. The summed E-state index contributed by atoms with van der Waals surface area (Å²) in [6, 6.07) is 0. The highest BCUT2D eigenvalue weighted by molar-refractivity contribution is 6.02. The molecule has 0 spiro atoms. The van der Waals surface area contributed by atoms with Gasteiger partial charge in [-0.2, -0.15) is 0 Å². The van der Waals surface area contributed by atoms with Crippen LogP contribution in [0.2, 0.25) is 0 Å². The minimum absolute atomic E-state index is 0.202. The molecule has 3 heteroatoms. The molecule has 0 unspecified atom stereocenters. The Labute approximate surface area is 111 Å². The summed E-state index contributed by atoms with van der Waals surface area (Å²) in [5, 5.41) is 0. The molecule has 0 heterocycles. The van der Waals surface area contributed by atoms with Crippen LogP contribution in [0.3, 0.4) is 0 Å². The van der Waals surface area contributed by atoms with Gasteiger partial charge in [-0.1, -0.05) is 32.9 Å². The summed E-state index contributed by atoms with van der Waals surface area (Å²) in [7, 11) is 0. The molecular weight excluding hydrogens is 224 g/mol. The second-order valence-corrected chi connectivity index (χ2v) is 5.22. The zero-order valence-electron chi connectivity index (χ0n) is 12.2. The van der Waals surface area contributed by atoms with Crippen molar-refractivity contribution in [1.82, 2.24) is 4.90 Å². The van der Waals surface area contributed by atoms with E-state index >= 15 is 0 Å². The maximum absolute atomic E-state index is 12.1. The van der Waals surface area contributed by atoms with Crippen molar-refractivity contribution in [3.05, 3.63) is 25.3 Å². The van der Waals surface area contributed by atoms with Crippen molar-refractivity contribution >= 4 is 11.6 Å². The molecule has 0 aliphatic heterocycles. The van der Waals surface area contributed by atoms with Crippen LogP contribution < -0.4 is 0 Å². The Morgan fingerprint density at radius 2 is 1.72 bits per heavy atom. The summed E-state index contributed by atoms with van der Waals surface area (Å²) < 4.78 is 0. The van der Waals surface area contributed by atoms with Crippen LogP contribution in [-0.4, -0.2) is 36.2 Å². The smallest absolute Gasteiger partial charge is 0.145 e. The molecular formula is C15H26N2O. The third-order valence-electron chi connectivity index (χ3n) is 2.56. The normalized spacial score (nSPS) is 12.1. The Kier molecular flexibility index (Phi) is 7.25. The van der Waals surface area contributed by atoms with Gasteiger partial charge >= 0.3 is 0 Å². The first-order valence-corrected chi connectivity index (χ1v) is 6.40. The maximum Gasteiger partial charge on any atom is 0.145 e. The summed E-state index contributed by atoms with van der Waals surface area (Å²) in [4.78, 5) is 18.6. The molecule has 0 aliphatic rings. The Morgan fingerprint density at radius 1 is 1.22 bits per heavy atom. The molecule has 3 nitrogen and oxygen atoms in total. The van der Waals surface area contributed by atoms with E-state index in [1.807, 2.05) is 44.7 Å². The number of nitrogens with zero attached hydrogens (tertiary/aromatic N) is 2. The second kappa shape index (κ2) is 7.85. The van der Waals surface area contributed by atoms with Crippen LogP contribution in [0.15, 0.2) is 30.3 Å². The summed E-state index contributed by atoms with van der Waals surface area (Å²) >= 11 is 0. The first kappa shape index (κ1) is 16.6. The zero-order chi connectivity index (χ0) is 14.2. The van der Waals surface area contributed by atoms with Crippen molar-refractivity contribution in [3.63, 3.8) is 0 Å². The fourth-order valence-electron chi connectivity index (χ4n) is 1.46. The van der Waals surface area contributed by atoms with Gasteiger partial charge in [-0.15, -0.1) is 13.2 Å². The molecule has 102 valence electrons. The monoisotopic (exact) mass is 250 g/mol. The van der Waals surface area contributed by atoms with E-state index in [0.29, 0.717) is 26.1 Å². The van der Waals surface area contributed by atoms with Crippen molar-refractivity contribution < 1.29 is 4.79 Å². The molecule has 0 radical (unpaired) electrons. The third kappa shape index (κ3) is 5.80. The summed E-state index contributed by atoms with van der Waals surface area (Å²) in [6.07, 6.45) is 4.01. The maximum atomic E-state index is 12.1. The lowest BCUT2D eigenvalue weighted by Gasteiger charge is -2.25. The van der Waals surface area contributed by atoms with Crippen LogP contribution in [0.25, 0.3) is 0 Å². The van der Waals surface area contributed by atoms with E-state index in [4.69, 9.17) is 0 Å². The van der Waals surface area contributed by atoms with Gasteiger partial charge in [-0.25, -0.2) is 0 Å². The number of ketones is 1. The van der Waals surface area contributed by atoms with Crippen molar-refractivity contribution in [3.8, 4) is 0 Å². The van der Waals surface area contributed by atoms with Crippen LogP contribution in [0.1, 0.15) is 34.1 Å². The number of amidine groups is 1. The molecule has 0 saturated carbocycles. The molecule has 0 rings (SSSR count). The number of carbonyl (C=O) groups excluding carboxylic acids is 1.